The third-order valence-corrected chi connectivity index (χ3v) is 8.78. The van der Waals surface area contributed by atoms with Crippen molar-refractivity contribution in [2.45, 2.75) is 31.9 Å². The first-order valence-corrected chi connectivity index (χ1v) is 15.6. The molecule has 1 heterocycles. The SMILES string of the molecule is CN(Cc1ccc2c(Br)c(OC(Cc3ccccc3)C(=O)O)ccc2c1)C(=O)c1oc2ccccc2c1CCc1ccccc1. The minimum atomic E-state index is -1.03. The smallest absolute Gasteiger partial charge is 0.345 e. The minimum Gasteiger partial charge on any atom is -0.478 e. The summed E-state index contributed by atoms with van der Waals surface area (Å²) in [5.41, 5.74) is 4.68. The zero-order valence-corrected chi connectivity index (χ0v) is 26.4. The van der Waals surface area contributed by atoms with Crippen LogP contribution in [0.1, 0.15) is 32.8 Å². The second-order valence-corrected chi connectivity index (χ2v) is 11.9. The van der Waals surface area contributed by atoms with Crippen LogP contribution in [0.4, 0.5) is 0 Å². The number of aliphatic carboxylic acids is 1. The second kappa shape index (κ2) is 13.4. The van der Waals surface area contributed by atoms with E-state index in [0.29, 0.717) is 34.5 Å². The maximum atomic E-state index is 13.8. The highest BCUT2D eigenvalue weighted by Crippen LogP contribution is 2.35. The fourth-order valence-corrected chi connectivity index (χ4v) is 6.21. The van der Waals surface area contributed by atoms with Gasteiger partial charge in [-0.1, -0.05) is 97.1 Å². The number of carboxylic acid groups (broad SMARTS) is 1. The summed E-state index contributed by atoms with van der Waals surface area (Å²) in [5, 5.41) is 12.6. The number of aryl methyl sites for hydroxylation is 2. The van der Waals surface area contributed by atoms with Crippen molar-refractivity contribution in [1.29, 1.82) is 0 Å². The van der Waals surface area contributed by atoms with Crippen LogP contribution in [0.5, 0.6) is 5.75 Å². The molecule has 0 saturated heterocycles. The van der Waals surface area contributed by atoms with Crippen molar-refractivity contribution in [2.24, 2.45) is 0 Å². The number of carbonyl (C=O) groups is 2. The number of halogens is 1. The van der Waals surface area contributed by atoms with Crippen molar-refractivity contribution in [3.63, 3.8) is 0 Å². The van der Waals surface area contributed by atoms with Gasteiger partial charge in [-0.05, 0) is 74.4 Å². The number of amides is 1. The Morgan fingerprint density at radius 3 is 2.22 bits per heavy atom. The average Bonchev–Trinajstić information content (AvgIpc) is 3.43. The standard InChI is InChI=1S/C38H32BrNO5/c1-40(37(41)36-31(20-16-25-10-4-2-5-11-25)30-14-8-9-15-32(30)45-36)24-27-17-19-29-28(22-27)18-21-33(35(29)39)44-34(38(42)43)23-26-12-6-3-7-13-26/h2-15,17-19,21-22,34H,16,20,23-24H2,1H3,(H,42,43). The zero-order chi connectivity index (χ0) is 31.3. The lowest BCUT2D eigenvalue weighted by molar-refractivity contribution is -0.145. The van der Waals surface area contributed by atoms with E-state index in [0.717, 1.165) is 39.3 Å². The number of carbonyl (C=O) groups excluding carboxylic acids is 1. The molecule has 1 N–H and O–H groups in total. The van der Waals surface area contributed by atoms with Crippen LogP contribution < -0.4 is 4.74 Å². The van der Waals surface area contributed by atoms with Gasteiger partial charge in [0.1, 0.15) is 11.3 Å². The van der Waals surface area contributed by atoms with E-state index < -0.39 is 12.1 Å². The molecule has 6 nitrogen and oxygen atoms in total. The maximum Gasteiger partial charge on any atom is 0.345 e. The lowest BCUT2D eigenvalue weighted by atomic mass is 10.0. The number of nitrogens with zero attached hydrogens (tertiary/aromatic N) is 1. The summed E-state index contributed by atoms with van der Waals surface area (Å²) in [6.45, 7) is 0.387. The van der Waals surface area contributed by atoms with Gasteiger partial charge in [0.2, 0.25) is 0 Å². The quantitative estimate of drug-likeness (QED) is 0.151. The van der Waals surface area contributed by atoms with Gasteiger partial charge in [0.25, 0.3) is 5.91 Å². The van der Waals surface area contributed by atoms with Gasteiger partial charge in [-0.25, -0.2) is 4.79 Å². The van der Waals surface area contributed by atoms with Crippen LogP contribution in [0.25, 0.3) is 21.7 Å². The molecule has 1 amide bonds. The van der Waals surface area contributed by atoms with Crippen molar-refractivity contribution < 1.29 is 23.8 Å². The summed E-state index contributed by atoms with van der Waals surface area (Å²) >= 11 is 3.64. The van der Waals surface area contributed by atoms with Gasteiger partial charge in [-0.3, -0.25) is 4.79 Å². The van der Waals surface area contributed by atoms with Crippen LogP contribution >= 0.6 is 15.9 Å². The summed E-state index contributed by atoms with van der Waals surface area (Å²) in [4.78, 5) is 27.4. The molecule has 0 radical (unpaired) electrons. The van der Waals surface area contributed by atoms with E-state index in [1.165, 1.54) is 5.56 Å². The molecule has 1 unspecified atom stereocenters. The molecule has 0 fully saturated rings. The van der Waals surface area contributed by atoms with E-state index in [9.17, 15) is 14.7 Å². The van der Waals surface area contributed by atoms with Gasteiger partial charge >= 0.3 is 5.97 Å². The highest BCUT2D eigenvalue weighted by molar-refractivity contribution is 9.10. The predicted molar refractivity (Wildman–Crippen MR) is 180 cm³/mol. The van der Waals surface area contributed by atoms with Crippen LogP contribution in [-0.2, 0) is 30.6 Å². The molecule has 1 aromatic heterocycles. The number of furan rings is 1. The molecule has 0 aliphatic rings. The molecule has 1 atom stereocenters. The van der Waals surface area contributed by atoms with Crippen molar-refractivity contribution >= 4 is 49.5 Å². The Hall–Kier alpha value is -4.88. The maximum absolute atomic E-state index is 13.8. The first-order valence-electron chi connectivity index (χ1n) is 14.8. The van der Waals surface area contributed by atoms with E-state index >= 15 is 0 Å². The Balaban J connectivity index is 1.20. The molecule has 0 aliphatic heterocycles. The van der Waals surface area contributed by atoms with E-state index in [-0.39, 0.29) is 12.3 Å². The molecule has 0 saturated carbocycles. The number of rotatable bonds is 11. The third-order valence-electron chi connectivity index (χ3n) is 7.96. The largest absolute Gasteiger partial charge is 0.478 e. The molecular formula is C38H32BrNO5. The van der Waals surface area contributed by atoms with Crippen LogP contribution in [0.3, 0.4) is 0 Å². The molecule has 6 rings (SSSR count). The van der Waals surface area contributed by atoms with Gasteiger partial charge in [0.05, 0.1) is 4.47 Å². The Bertz CT molecular complexity index is 1970. The normalized spacial score (nSPS) is 11.9. The van der Waals surface area contributed by atoms with Crippen LogP contribution in [0.2, 0.25) is 0 Å². The summed E-state index contributed by atoms with van der Waals surface area (Å²) in [6, 6.07) is 37.1. The summed E-state index contributed by atoms with van der Waals surface area (Å²) in [6.07, 6.45) is 0.715. The Labute approximate surface area is 270 Å². The first kappa shape index (κ1) is 30.2. The Morgan fingerprint density at radius 2 is 1.49 bits per heavy atom. The summed E-state index contributed by atoms with van der Waals surface area (Å²) < 4.78 is 12.8. The number of hydrogen-bond donors (Lipinski definition) is 1. The molecule has 0 bridgehead atoms. The topological polar surface area (TPSA) is 80.0 Å². The lowest BCUT2D eigenvalue weighted by Crippen LogP contribution is -2.29. The van der Waals surface area contributed by atoms with Gasteiger partial charge in [-0.15, -0.1) is 0 Å². The van der Waals surface area contributed by atoms with Crippen LogP contribution in [0, 0.1) is 0 Å². The molecule has 226 valence electrons. The van der Waals surface area contributed by atoms with Gasteiger partial charge in [0, 0.05) is 31.0 Å². The van der Waals surface area contributed by atoms with Gasteiger partial charge in [0.15, 0.2) is 11.9 Å². The van der Waals surface area contributed by atoms with Crippen molar-refractivity contribution in [3.05, 3.63) is 148 Å². The van der Waals surface area contributed by atoms with Crippen molar-refractivity contribution in [3.8, 4) is 5.75 Å². The summed E-state index contributed by atoms with van der Waals surface area (Å²) in [7, 11) is 1.78. The van der Waals surface area contributed by atoms with E-state index in [1.807, 2.05) is 97.1 Å². The summed E-state index contributed by atoms with van der Waals surface area (Å²) in [5.74, 6) is -0.360. The van der Waals surface area contributed by atoms with Crippen molar-refractivity contribution in [2.75, 3.05) is 7.05 Å². The van der Waals surface area contributed by atoms with Gasteiger partial charge in [-0.2, -0.15) is 0 Å². The Morgan fingerprint density at radius 1 is 0.800 bits per heavy atom. The second-order valence-electron chi connectivity index (χ2n) is 11.1. The van der Waals surface area contributed by atoms with E-state index in [2.05, 4.69) is 28.1 Å². The number of hydrogen-bond acceptors (Lipinski definition) is 4. The van der Waals surface area contributed by atoms with Crippen LogP contribution in [0.15, 0.2) is 124 Å². The van der Waals surface area contributed by atoms with Gasteiger partial charge < -0.3 is 19.2 Å². The molecule has 0 aliphatic carbocycles. The molecule has 5 aromatic carbocycles. The third kappa shape index (κ3) is 6.79. The Kier molecular flexibility index (Phi) is 8.98. The highest BCUT2D eigenvalue weighted by Gasteiger charge is 2.24. The molecular weight excluding hydrogens is 630 g/mol. The average molecular weight is 663 g/mol. The highest BCUT2D eigenvalue weighted by atomic mass is 79.9. The molecule has 6 aromatic rings. The fourth-order valence-electron chi connectivity index (χ4n) is 5.62. The number of benzene rings is 5. The zero-order valence-electron chi connectivity index (χ0n) is 24.8. The van der Waals surface area contributed by atoms with Crippen LogP contribution in [-0.4, -0.2) is 35.0 Å². The number of fused-ring (bicyclic) bond motifs is 2. The molecule has 45 heavy (non-hydrogen) atoms. The van der Waals surface area contributed by atoms with Crippen molar-refractivity contribution in [1.82, 2.24) is 4.90 Å². The molecule has 0 spiro atoms. The number of carboxylic acids is 1. The monoisotopic (exact) mass is 661 g/mol. The first-order chi connectivity index (χ1) is 21.9. The van der Waals surface area contributed by atoms with E-state index in [1.54, 1.807) is 18.0 Å². The molecule has 7 heteroatoms. The fraction of sp³-hybridized carbons (Fsp3) is 0.158. The number of ether oxygens (including phenoxy) is 1. The predicted octanol–water partition coefficient (Wildman–Crippen LogP) is 8.48. The number of para-hydroxylation sites is 1. The van der Waals surface area contributed by atoms with E-state index in [4.69, 9.17) is 9.15 Å². The lowest BCUT2D eigenvalue weighted by Gasteiger charge is -2.19. The minimum absolute atomic E-state index is 0.169.